The molecule has 3 nitrogen and oxygen atoms in total. The Morgan fingerprint density at radius 2 is 1.75 bits per heavy atom. The SMILES string of the molecule is CCCCN(CCC(C)C)S(=O)(=O)c1ccc(F)cc1. The summed E-state index contributed by atoms with van der Waals surface area (Å²) in [6, 6.07) is 5.04. The highest BCUT2D eigenvalue weighted by Crippen LogP contribution is 2.18. The Morgan fingerprint density at radius 3 is 2.25 bits per heavy atom. The Balaban J connectivity index is 2.93. The van der Waals surface area contributed by atoms with Gasteiger partial charge in [-0.25, -0.2) is 12.8 Å². The lowest BCUT2D eigenvalue weighted by Gasteiger charge is -2.23. The van der Waals surface area contributed by atoms with Gasteiger partial charge in [-0.2, -0.15) is 4.31 Å². The molecule has 5 heteroatoms. The summed E-state index contributed by atoms with van der Waals surface area (Å²) in [5.74, 6) is 0.0220. The van der Waals surface area contributed by atoms with Crippen LogP contribution in [0, 0.1) is 11.7 Å². The van der Waals surface area contributed by atoms with Crippen LogP contribution in [0.5, 0.6) is 0 Å². The summed E-state index contributed by atoms with van der Waals surface area (Å²) in [6.45, 7) is 7.20. The predicted octanol–water partition coefficient (Wildman–Crippen LogP) is 3.66. The van der Waals surface area contributed by atoms with Crippen LogP contribution in [-0.2, 0) is 10.0 Å². The lowest BCUT2D eigenvalue weighted by Crippen LogP contribution is -2.33. The average molecular weight is 301 g/mol. The second-order valence-electron chi connectivity index (χ2n) is 5.39. The number of benzene rings is 1. The highest BCUT2D eigenvalue weighted by Gasteiger charge is 2.23. The van der Waals surface area contributed by atoms with Crippen LogP contribution in [0.25, 0.3) is 0 Å². The fourth-order valence-corrected chi connectivity index (χ4v) is 3.34. The third kappa shape index (κ3) is 4.87. The van der Waals surface area contributed by atoms with Gasteiger partial charge in [0.05, 0.1) is 4.90 Å². The van der Waals surface area contributed by atoms with E-state index in [1.165, 1.54) is 28.6 Å². The molecular formula is C15H24FNO2S. The molecule has 0 aromatic heterocycles. The van der Waals surface area contributed by atoms with Gasteiger partial charge in [-0.15, -0.1) is 0 Å². The van der Waals surface area contributed by atoms with Crippen molar-refractivity contribution in [2.45, 2.75) is 44.9 Å². The number of hydrogen-bond acceptors (Lipinski definition) is 2. The van der Waals surface area contributed by atoms with Crippen molar-refractivity contribution in [2.24, 2.45) is 5.92 Å². The molecule has 20 heavy (non-hydrogen) atoms. The quantitative estimate of drug-likeness (QED) is 0.735. The molecule has 0 fully saturated rings. The van der Waals surface area contributed by atoms with Gasteiger partial charge in [-0.1, -0.05) is 27.2 Å². The van der Waals surface area contributed by atoms with Crippen LogP contribution in [0.4, 0.5) is 4.39 Å². The summed E-state index contributed by atoms with van der Waals surface area (Å²) >= 11 is 0. The van der Waals surface area contributed by atoms with E-state index in [9.17, 15) is 12.8 Å². The van der Waals surface area contributed by atoms with Gasteiger partial charge in [0.1, 0.15) is 5.82 Å². The molecule has 0 radical (unpaired) electrons. The van der Waals surface area contributed by atoms with Crippen LogP contribution in [0.3, 0.4) is 0 Å². The van der Waals surface area contributed by atoms with Crippen LogP contribution in [0.1, 0.15) is 40.0 Å². The molecular weight excluding hydrogens is 277 g/mol. The topological polar surface area (TPSA) is 37.4 Å². The first-order valence-electron chi connectivity index (χ1n) is 7.13. The van der Waals surface area contributed by atoms with Crippen LogP contribution in [-0.4, -0.2) is 25.8 Å². The Labute approximate surface area is 121 Å². The van der Waals surface area contributed by atoms with Crippen LogP contribution in [0.15, 0.2) is 29.2 Å². The molecule has 0 heterocycles. The molecule has 0 aliphatic carbocycles. The Kier molecular flexibility index (Phi) is 6.62. The molecule has 1 rings (SSSR count). The van der Waals surface area contributed by atoms with Crippen molar-refractivity contribution in [3.63, 3.8) is 0 Å². The summed E-state index contributed by atoms with van der Waals surface area (Å²) < 4.78 is 39.6. The van der Waals surface area contributed by atoms with Crippen molar-refractivity contribution >= 4 is 10.0 Å². The third-order valence-corrected chi connectivity index (χ3v) is 5.08. The molecule has 1 aromatic rings. The van der Waals surface area contributed by atoms with Crippen molar-refractivity contribution in [3.8, 4) is 0 Å². The Bertz CT molecular complexity index is 497. The van der Waals surface area contributed by atoms with Crippen LogP contribution >= 0.6 is 0 Å². The van der Waals surface area contributed by atoms with E-state index < -0.39 is 15.8 Å². The minimum absolute atomic E-state index is 0.166. The highest BCUT2D eigenvalue weighted by molar-refractivity contribution is 7.89. The number of nitrogens with zero attached hydrogens (tertiary/aromatic N) is 1. The number of halogens is 1. The summed E-state index contributed by atoms with van der Waals surface area (Å²) in [5, 5.41) is 0. The van der Waals surface area contributed by atoms with Gasteiger partial charge >= 0.3 is 0 Å². The number of sulfonamides is 1. The summed E-state index contributed by atoms with van der Waals surface area (Å²) in [5.41, 5.74) is 0. The molecule has 0 amide bonds. The molecule has 0 saturated heterocycles. The lowest BCUT2D eigenvalue weighted by molar-refractivity contribution is 0.374. The molecule has 0 saturated carbocycles. The number of hydrogen-bond donors (Lipinski definition) is 0. The van der Waals surface area contributed by atoms with E-state index in [1.807, 2.05) is 6.92 Å². The minimum atomic E-state index is -3.52. The van der Waals surface area contributed by atoms with E-state index >= 15 is 0 Å². The largest absolute Gasteiger partial charge is 0.243 e. The molecule has 0 aliphatic rings. The zero-order chi connectivity index (χ0) is 15.2. The molecule has 0 spiro atoms. The standard InChI is InChI=1S/C15H24FNO2S/c1-4-5-11-17(12-10-13(2)3)20(18,19)15-8-6-14(16)7-9-15/h6-9,13H,4-5,10-12H2,1-3H3. The van der Waals surface area contributed by atoms with E-state index in [4.69, 9.17) is 0 Å². The maximum absolute atomic E-state index is 12.9. The van der Waals surface area contributed by atoms with Crippen molar-refractivity contribution in [1.29, 1.82) is 0 Å². The molecule has 114 valence electrons. The van der Waals surface area contributed by atoms with Crippen molar-refractivity contribution in [2.75, 3.05) is 13.1 Å². The maximum Gasteiger partial charge on any atom is 0.243 e. The van der Waals surface area contributed by atoms with Crippen molar-refractivity contribution < 1.29 is 12.8 Å². The minimum Gasteiger partial charge on any atom is -0.207 e. The van der Waals surface area contributed by atoms with Gasteiger partial charge < -0.3 is 0 Å². The van der Waals surface area contributed by atoms with Crippen LogP contribution < -0.4 is 0 Å². The van der Waals surface area contributed by atoms with E-state index in [-0.39, 0.29) is 4.90 Å². The first-order valence-corrected chi connectivity index (χ1v) is 8.57. The van der Waals surface area contributed by atoms with Gasteiger partial charge in [0.15, 0.2) is 0 Å². The molecule has 1 aromatic carbocycles. The summed E-state index contributed by atoms with van der Waals surface area (Å²) in [4.78, 5) is 0.166. The lowest BCUT2D eigenvalue weighted by atomic mass is 10.1. The van der Waals surface area contributed by atoms with Gasteiger partial charge in [0.25, 0.3) is 0 Å². The van der Waals surface area contributed by atoms with Gasteiger partial charge in [0.2, 0.25) is 10.0 Å². The maximum atomic E-state index is 12.9. The van der Waals surface area contributed by atoms with Gasteiger partial charge in [0, 0.05) is 13.1 Å². The normalized spacial score (nSPS) is 12.3. The smallest absolute Gasteiger partial charge is 0.207 e. The average Bonchev–Trinajstić information content (AvgIpc) is 2.38. The monoisotopic (exact) mass is 301 g/mol. The second kappa shape index (κ2) is 7.74. The Morgan fingerprint density at radius 1 is 1.15 bits per heavy atom. The molecule has 0 N–H and O–H groups in total. The first-order chi connectivity index (χ1) is 9.37. The number of unbranched alkanes of at least 4 members (excludes halogenated alkanes) is 1. The molecule has 0 unspecified atom stereocenters. The van der Waals surface area contributed by atoms with E-state index in [2.05, 4.69) is 13.8 Å². The zero-order valence-corrected chi connectivity index (χ0v) is 13.3. The number of rotatable bonds is 8. The zero-order valence-electron chi connectivity index (χ0n) is 12.5. The van der Waals surface area contributed by atoms with Crippen LogP contribution in [0.2, 0.25) is 0 Å². The molecule has 0 aliphatic heterocycles. The second-order valence-corrected chi connectivity index (χ2v) is 7.33. The first kappa shape index (κ1) is 17.1. The third-order valence-electron chi connectivity index (χ3n) is 3.17. The highest BCUT2D eigenvalue weighted by atomic mass is 32.2. The fraction of sp³-hybridized carbons (Fsp3) is 0.600. The Hall–Kier alpha value is -0.940. The predicted molar refractivity (Wildman–Crippen MR) is 79.5 cm³/mol. The van der Waals surface area contributed by atoms with E-state index in [1.54, 1.807) is 0 Å². The van der Waals surface area contributed by atoms with Crippen molar-refractivity contribution in [3.05, 3.63) is 30.1 Å². The summed E-state index contributed by atoms with van der Waals surface area (Å²) in [7, 11) is -3.52. The van der Waals surface area contributed by atoms with E-state index in [0.717, 1.165) is 19.3 Å². The fourth-order valence-electron chi connectivity index (χ4n) is 1.84. The molecule has 0 bridgehead atoms. The van der Waals surface area contributed by atoms with Gasteiger partial charge in [-0.05, 0) is 43.0 Å². The van der Waals surface area contributed by atoms with Gasteiger partial charge in [-0.3, -0.25) is 0 Å². The summed E-state index contributed by atoms with van der Waals surface area (Å²) in [6.07, 6.45) is 2.60. The van der Waals surface area contributed by atoms with E-state index in [0.29, 0.717) is 19.0 Å². The van der Waals surface area contributed by atoms with Crippen molar-refractivity contribution in [1.82, 2.24) is 4.31 Å². The molecule has 0 atom stereocenters.